The van der Waals surface area contributed by atoms with E-state index in [0.29, 0.717) is 5.56 Å². The summed E-state index contributed by atoms with van der Waals surface area (Å²) in [7, 11) is 4.22. The van der Waals surface area contributed by atoms with E-state index in [2.05, 4.69) is 30.0 Å². The number of nitriles is 1. The molecular formula is C17H23N3O. The van der Waals surface area contributed by atoms with Crippen LogP contribution < -0.4 is 4.90 Å². The van der Waals surface area contributed by atoms with Gasteiger partial charge in [0, 0.05) is 30.9 Å². The van der Waals surface area contributed by atoms with Gasteiger partial charge in [-0.1, -0.05) is 0 Å². The normalized spacial score (nSPS) is 16.0. The van der Waals surface area contributed by atoms with Crippen molar-refractivity contribution in [3.8, 4) is 6.07 Å². The number of hydrogen-bond acceptors (Lipinski definition) is 4. The van der Waals surface area contributed by atoms with Crippen LogP contribution in [0.15, 0.2) is 18.2 Å². The van der Waals surface area contributed by atoms with Gasteiger partial charge >= 0.3 is 0 Å². The molecular weight excluding hydrogens is 262 g/mol. The van der Waals surface area contributed by atoms with Crippen molar-refractivity contribution in [1.29, 1.82) is 5.26 Å². The first-order valence-corrected chi connectivity index (χ1v) is 7.46. The van der Waals surface area contributed by atoms with Crippen LogP contribution in [0.3, 0.4) is 0 Å². The van der Waals surface area contributed by atoms with Crippen molar-refractivity contribution in [2.24, 2.45) is 5.92 Å². The minimum absolute atomic E-state index is 0.0601. The minimum atomic E-state index is 0.0601. The molecule has 4 nitrogen and oxygen atoms in total. The summed E-state index contributed by atoms with van der Waals surface area (Å²) in [6.07, 6.45) is 2.26. The van der Waals surface area contributed by atoms with Crippen LogP contribution in [0.2, 0.25) is 0 Å². The third kappa shape index (κ3) is 3.83. The SMILES string of the molecule is CC(=O)c1ccc(C#N)cc1N1CCC(CN(C)C)CC1. The van der Waals surface area contributed by atoms with E-state index in [4.69, 9.17) is 5.26 Å². The van der Waals surface area contributed by atoms with Crippen molar-refractivity contribution < 1.29 is 4.79 Å². The Hall–Kier alpha value is -1.86. The second-order valence-electron chi connectivity index (χ2n) is 6.09. The average molecular weight is 285 g/mol. The van der Waals surface area contributed by atoms with Gasteiger partial charge in [0.05, 0.1) is 11.6 Å². The molecule has 0 unspecified atom stereocenters. The number of nitrogens with zero attached hydrogens (tertiary/aromatic N) is 3. The predicted octanol–water partition coefficient (Wildman–Crippen LogP) is 2.54. The standard InChI is InChI=1S/C17H23N3O/c1-13(21)16-5-4-15(11-18)10-17(16)20-8-6-14(7-9-20)12-19(2)3/h4-5,10,14H,6-9,12H2,1-3H3. The van der Waals surface area contributed by atoms with Gasteiger partial charge in [-0.3, -0.25) is 4.79 Å². The monoisotopic (exact) mass is 285 g/mol. The molecule has 1 aromatic rings. The number of piperidine rings is 1. The van der Waals surface area contributed by atoms with E-state index in [1.54, 1.807) is 19.1 Å². The summed E-state index contributed by atoms with van der Waals surface area (Å²) in [6.45, 7) is 4.61. The fourth-order valence-corrected chi connectivity index (χ4v) is 3.03. The smallest absolute Gasteiger partial charge is 0.161 e. The Morgan fingerprint density at radius 3 is 2.57 bits per heavy atom. The lowest BCUT2D eigenvalue weighted by Crippen LogP contribution is -2.37. The first-order valence-electron chi connectivity index (χ1n) is 7.46. The molecule has 4 heteroatoms. The Labute approximate surface area is 127 Å². The Morgan fingerprint density at radius 1 is 1.38 bits per heavy atom. The average Bonchev–Trinajstić information content (AvgIpc) is 2.46. The van der Waals surface area contributed by atoms with E-state index in [9.17, 15) is 4.79 Å². The summed E-state index contributed by atoms with van der Waals surface area (Å²) in [5, 5.41) is 9.07. The molecule has 1 fully saturated rings. The molecule has 21 heavy (non-hydrogen) atoms. The summed E-state index contributed by atoms with van der Waals surface area (Å²) in [4.78, 5) is 16.3. The van der Waals surface area contributed by atoms with E-state index in [-0.39, 0.29) is 5.78 Å². The number of benzene rings is 1. The fraction of sp³-hybridized carbons (Fsp3) is 0.529. The van der Waals surface area contributed by atoms with Crippen molar-refractivity contribution >= 4 is 11.5 Å². The van der Waals surface area contributed by atoms with Gasteiger partial charge in [-0.25, -0.2) is 0 Å². The Bertz CT molecular complexity index is 552. The summed E-state index contributed by atoms with van der Waals surface area (Å²) in [5.74, 6) is 0.779. The molecule has 2 rings (SSSR count). The number of hydrogen-bond donors (Lipinski definition) is 0. The topological polar surface area (TPSA) is 47.3 Å². The molecule has 0 bridgehead atoms. The number of carbonyl (C=O) groups excluding carboxylic acids is 1. The quantitative estimate of drug-likeness (QED) is 0.798. The zero-order chi connectivity index (χ0) is 15.4. The van der Waals surface area contributed by atoms with E-state index >= 15 is 0 Å². The molecule has 0 aliphatic carbocycles. The Balaban J connectivity index is 2.16. The zero-order valence-electron chi connectivity index (χ0n) is 13.1. The molecule has 1 aliphatic rings. The first-order chi connectivity index (χ1) is 10.0. The highest BCUT2D eigenvalue weighted by atomic mass is 16.1. The second-order valence-corrected chi connectivity index (χ2v) is 6.09. The maximum atomic E-state index is 11.8. The van der Waals surface area contributed by atoms with E-state index in [1.165, 1.54) is 0 Å². The summed E-state index contributed by atoms with van der Waals surface area (Å²) in [5.41, 5.74) is 2.26. The van der Waals surface area contributed by atoms with Crippen LogP contribution in [0, 0.1) is 17.2 Å². The van der Waals surface area contributed by atoms with Gasteiger partial charge in [0.1, 0.15) is 0 Å². The third-order valence-electron chi connectivity index (χ3n) is 4.08. The number of Topliss-reactive ketones (excluding diaryl/α,β-unsaturated/α-hetero) is 1. The number of carbonyl (C=O) groups is 1. The molecule has 0 amide bonds. The summed E-state index contributed by atoms with van der Waals surface area (Å²) >= 11 is 0. The second kappa shape index (κ2) is 6.73. The maximum absolute atomic E-state index is 11.8. The third-order valence-corrected chi connectivity index (χ3v) is 4.08. The van der Waals surface area contributed by atoms with Gasteiger partial charge in [0.15, 0.2) is 5.78 Å². The highest BCUT2D eigenvalue weighted by Gasteiger charge is 2.22. The molecule has 1 heterocycles. The highest BCUT2D eigenvalue weighted by Crippen LogP contribution is 2.28. The zero-order valence-corrected chi connectivity index (χ0v) is 13.1. The molecule has 0 spiro atoms. The van der Waals surface area contributed by atoms with Crippen LogP contribution in [0.1, 0.15) is 35.7 Å². The first kappa shape index (κ1) is 15.5. The van der Waals surface area contributed by atoms with Gasteiger partial charge in [-0.15, -0.1) is 0 Å². The van der Waals surface area contributed by atoms with Gasteiger partial charge in [0.25, 0.3) is 0 Å². The molecule has 1 saturated heterocycles. The predicted molar refractivity (Wildman–Crippen MR) is 84.7 cm³/mol. The number of ketones is 1. The molecule has 0 atom stereocenters. The van der Waals surface area contributed by atoms with Crippen molar-refractivity contribution in [2.45, 2.75) is 19.8 Å². The fourth-order valence-electron chi connectivity index (χ4n) is 3.03. The molecule has 0 saturated carbocycles. The Kier molecular flexibility index (Phi) is 4.98. The lowest BCUT2D eigenvalue weighted by Gasteiger charge is -2.35. The number of rotatable bonds is 4. The molecule has 0 radical (unpaired) electrons. The molecule has 1 aliphatic heterocycles. The lowest BCUT2D eigenvalue weighted by molar-refractivity contribution is 0.101. The van der Waals surface area contributed by atoms with Gasteiger partial charge in [-0.2, -0.15) is 5.26 Å². The van der Waals surface area contributed by atoms with Crippen molar-refractivity contribution in [3.63, 3.8) is 0 Å². The van der Waals surface area contributed by atoms with Crippen molar-refractivity contribution in [1.82, 2.24) is 4.90 Å². The lowest BCUT2D eigenvalue weighted by atomic mass is 9.95. The van der Waals surface area contributed by atoms with Gasteiger partial charge < -0.3 is 9.80 Å². The maximum Gasteiger partial charge on any atom is 0.161 e. The van der Waals surface area contributed by atoms with Crippen molar-refractivity contribution in [2.75, 3.05) is 38.6 Å². The van der Waals surface area contributed by atoms with E-state index in [0.717, 1.165) is 49.6 Å². The van der Waals surface area contributed by atoms with E-state index in [1.807, 2.05) is 6.07 Å². The van der Waals surface area contributed by atoms with Crippen LogP contribution in [0.4, 0.5) is 5.69 Å². The summed E-state index contributed by atoms with van der Waals surface area (Å²) in [6, 6.07) is 7.51. The molecule has 0 N–H and O–H groups in total. The molecule has 1 aromatic carbocycles. The minimum Gasteiger partial charge on any atom is -0.371 e. The van der Waals surface area contributed by atoms with Crippen LogP contribution in [0.25, 0.3) is 0 Å². The largest absolute Gasteiger partial charge is 0.371 e. The van der Waals surface area contributed by atoms with Crippen LogP contribution >= 0.6 is 0 Å². The van der Waals surface area contributed by atoms with Crippen LogP contribution in [-0.2, 0) is 0 Å². The molecule has 0 aromatic heterocycles. The highest BCUT2D eigenvalue weighted by molar-refractivity contribution is 6.00. The molecule has 112 valence electrons. The van der Waals surface area contributed by atoms with Gasteiger partial charge in [-0.05, 0) is 58.0 Å². The number of anilines is 1. The Morgan fingerprint density at radius 2 is 2.05 bits per heavy atom. The van der Waals surface area contributed by atoms with E-state index < -0.39 is 0 Å². The van der Waals surface area contributed by atoms with Crippen LogP contribution in [0.5, 0.6) is 0 Å². The van der Waals surface area contributed by atoms with Crippen molar-refractivity contribution in [3.05, 3.63) is 29.3 Å². The van der Waals surface area contributed by atoms with Crippen LogP contribution in [-0.4, -0.2) is 44.4 Å². The van der Waals surface area contributed by atoms with Gasteiger partial charge in [0.2, 0.25) is 0 Å². The summed E-state index contributed by atoms with van der Waals surface area (Å²) < 4.78 is 0.